The molecule has 1 aliphatic heterocycles. The number of alkyl carbamates (subject to hydrolysis) is 1. The highest BCUT2D eigenvalue weighted by atomic mass is 32.2. The highest BCUT2D eigenvalue weighted by molar-refractivity contribution is 7.85. The number of carbonyl (C=O) groups excluding carboxylic acids is 4. The molecule has 0 bridgehead atoms. The number of aromatic nitrogens is 2. The number of likely N-dealkylation sites (tertiary alicyclic amines) is 1. The van der Waals surface area contributed by atoms with E-state index in [1.807, 2.05) is 30.0 Å². The highest BCUT2D eigenvalue weighted by Gasteiger charge is 2.62. The summed E-state index contributed by atoms with van der Waals surface area (Å²) >= 11 is 1.44. The molecule has 3 heterocycles. The van der Waals surface area contributed by atoms with Gasteiger partial charge in [0.05, 0.1) is 31.0 Å². The van der Waals surface area contributed by atoms with E-state index < -0.39 is 75.3 Å². The minimum absolute atomic E-state index is 0.0189. The van der Waals surface area contributed by atoms with Crippen LogP contribution < -0.4 is 30.1 Å². The van der Waals surface area contributed by atoms with E-state index in [4.69, 9.17) is 28.4 Å². The monoisotopic (exact) mass is 881 g/mol. The van der Waals surface area contributed by atoms with Crippen molar-refractivity contribution in [3.63, 3.8) is 0 Å². The molecule has 330 valence electrons. The predicted molar refractivity (Wildman–Crippen MR) is 228 cm³/mol. The Hall–Kier alpha value is -5.01. The lowest BCUT2D eigenvalue weighted by atomic mass is 9.85. The van der Waals surface area contributed by atoms with E-state index in [-0.39, 0.29) is 31.5 Å². The summed E-state index contributed by atoms with van der Waals surface area (Å²) < 4.78 is 50.3. The van der Waals surface area contributed by atoms with E-state index in [2.05, 4.69) is 22.5 Å². The molecule has 4 amide bonds. The summed E-state index contributed by atoms with van der Waals surface area (Å²) in [4.78, 5) is 67.2. The number of nitrogens with one attached hydrogen (secondary N) is 4. The Bertz CT molecular complexity index is 2290. The van der Waals surface area contributed by atoms with Gasteiger partial charge in [0, 0.05) is 41.3 Å². The number of amides is 4. The topological polar surface area (TPSA) is 216 Å². The first kappa shape index (κ1) is 44.1. The normalized spacial score (nSPS) is 23.3. The van der Waals surface area contributed by atoms with Gasteiger partial charge in [-0.05, 0) is 76.3 Å². The quantitative estimate of drug-likeness (QED) is 0.136. The highest BCUT2D eigenvalue weighted by Crippen LogP contribution is 2.45. The zero-order valence-electron chi connectivity index (χ0n) is 35.3. The van der Waals surface area contributed by atoms with Gasteiger partial charge < -0.3 is 35.1 Å². The summed E-state index contributed by atoms with van der Waals surface area (Å²) in [6.45, 7) is 13.1. The lowest BCUT2D eigenvalue weighted by Gasteiger charge is -2.35. The summed E-state index contributed by atoms with van der Waals surface area (Å²) in [6, 6.07) is 4.97. The second-order valence-electron chi connectivity index (χ2n) is 17.7. The Morgan fingerprint density at radius 3 is 2.39 bits per heavy atom. The van der Waals surface area contributed by atoms with Crippen molar-refractivity contribution in [1.29, 1.82) is 0 Å². The molecule has 0 spiro atoms. The maximum absolute atomic E-state index is 14.8. The zero-order valence-corrected chi connectivity index (χ0v) is 37.0. The number of hydrogen-bond donors (Lipinski definition) is 4. The number of thiazole rings is 1. The molecule has 4 fully saturated rings. The maximum atomic E-state index is 14.8. The standard InChI is InChI=1S/C42H55N7O10S2/c1-8-24-20-42(24,38(52)48-61(54,55)59-26-13-14-26)47-36(50)33-18-28(21-49(33)37(51)35(41(4,5)6)46-40(53)58-25-11-9-10-12-25)57-34-19-31(32-22-60-39(45-32)43-23(2)3)44-30-17-27(56-7)15-16-29(30)34/h8,15-17,19,22-26,28,33,35H,1,9-14,18,20-21H2,2-7H3,(H,43,45)(H,46,53)(H,47,50)(H,48,52)/t24-,28-,33+,35-,42-/m1/s1. The van der Waals surface area contributed by atoms with Crippen LogP contribution in [0.4, 0.5) is 9.93 Å². The largest absolute Gasteiger partial charge is 0.497 e. The van der Waals surface area contributed by atoms with E-state index >= 15 is 0 Å². The summed E-state index contributed by atoms with van der Waals surface area (Å²) in [5.41, 5.74) is -0.792. The van der Waals surface area contributed by atoms with Crippen molar-refractivity contribution in [2.45, 2.75) is 128 Å². The minimum Gasteiger partial charge on any atom is -0.497 e. The Balaban J connectivity index is 1.20. The number of benzene rings is 1. The minimum atomic E-state index is -4.46. The van der Waals surface area contributed by atoms with E-state index in [1.54, 1.807) is 46.1 Å². The van der Waals surface area contributed by atoms with Crippen LogP contribution in [-0.4, -0.2) is 103 Å². The van der Waals surface area contributed by atoms with Crippen LogP contribution in [0, 0.1) is 11.3 Å². The van der Waals surface area contributed by atoms with Crippen LogP contribution in [0.1, 0.15) is 86.0 Å². The molecule has 2 aromatic heterocycles. The van der Waals surface area contributed by atoms with Crippen molar-refractivity contribution in [3.05, 3.63) is 42.3 Å². The molecule has 3 saturated carbocycles. The van der Waals surface area contributed by atoms with Gasteiger partial charge in [0.2, 0.25) is 11.8 Å². The molecular formula is C42H55N7O10S2. The first-order valence-corrected chi connectivity index (χ1v) is 23.0. The van der Waals surface area contributed by atoms with Crippen LogP contribution in [0.15, 0.2) is 42.3 Å². The molecule has 7 rings (SSSR count). The van der Waals surface area contributed by atoms with Gasteiger partial charge in [-0.2, -0.15) is 8.42 Å². The lowest BCUT2D eigenvalue weighted by Crippen LogP contribution is -2.60. The molecule has 19 heteroatoms. The molecule has 4 aliphatic rings. The Labute approximate surface area is 360 Å². The van der Waals surface area contributed by atoms with Crippen LogP contribution in [-0.2, 0) is 33.6 Å². The maximum Gasteiger partial charge on any atom is 0.408 e. The van der Waals surface area contributed by atoms with Crippen LogP contribution in [0.3, 0.4) is 0 Å². The van der Waals surface area contributed by atoms with Crippen molar-refractivity contribution >= 4 is 61.5 Å². The van der Waals surface area contributed by atoms with E-state index in [1.165, 1.54) is 22.3 Å². The van der Waals surface area contributed by atoms with Crippen molar-refractivity contribution in [3.8, 4) is 22.9 Å². The van der Waals surface area contributed by atoms with Crippen molar-refractivity contribution in [2.24, 2.45) is 11.3 Å². The summed E-state index contributed by atoms with van der Waals surface area (Å²) in [5.74, 6) is -1.84. The summed E-state index contributed by atoms with van der Waals surface area (Å²) in [5, 5.41) is 12.1. The first-order valence-electron chi connectivity index (χ1n) is 20.7. The number of ether oxygens (including phenoxy) is 3. The predicted octanol–water partition coefficient (Wildman–Crippen LogP) is 5.22. The van der Waals surface area contributed by atoms with Gasteiger partial charge in [0.25, 0.3) is 5.91 Å². The number of hydrogen-bond acceptors (Lipinski definition) is 14. The average Bonchev–Trinajstić information content (AvgIpc) is 3.89. The van der Waals surface area contributed by atoms with E-state index in [0.717, 1.165) is 30.8 Å². The first-order chi connectivity index (χ1) is 28.9. The van der Waals surface area contributed by atoms with Crippen LogP contribution in [0.2, 0.25) is 0 Å². The molecule has 0 radical (unpaired) electrons. The number of nitrogens with zero attached hydrogens (tertiary/aromatic N) is 3. The van der Waals surface area contributed by atoms with Crippen LogP contribution in [0.5, 0.6) is 11.5 Å². The van der Waals surface area contributed by atoms with Crippen molar-refractivity contribution < 1.29 is 46.0 Å². The van der Waals surface area contributed by atoms with Gasteiger partial charge in [-0.3, -0.25) is 18.6 Å². The van der Waals surface area contributed by atoms with E-state index in [0.29, 0.717) is 46.6 Å². The molecule has 3 aromatic rings. The van der Waals surface area contributed by atoms with Gasteiger partial charge in [-0.1, -0.05) is 26.8 Å². The molecular weight excluding hydrogens is 827 g/mol. The summed E-state index contributed by atoms with van der Waals surface area (Å²) in [6.07, 6.45) is 3.73. The molecule has 5 atom stereocenters. The molecule has 4 N–H and O–H groups in total. The number of rotatable bonds is 16. The van der Waals surface area contributed by atoms with Crippen molar-refractivity contribution in [1.82, 2.24) is 30.2 Å². The molecule has 0 unspecified atom stereocenters. The molecule has 1 aromatic carbocycles. The van der Waals surface area contributed by atoms with Gasteiger partial charge in [-0.25, -0.2) is 19.5 Å². The van der Waals surface area contributed by atoms with Gasteiger partial charge in [0.1, 0.15) is 47.0 Å². The lowest BCUT2D eigenvalue weighted by molar-refractivity contribution is -0.143. The molecule has 17 nitrogen and oxygen atoms in total. The fraction of sp³-hybridized carbons (Fsp3) is 0.571. The molecule has 1 saturated heterocycles. The fourth-order valence-corrected chi connectivity index (χ4v) is 9.68. The van der Waals surface area contributed by atoms with Gasteiger partial charge in [0.15, 0.2) is 5.13 Å². The number of anilines is 1. The Morgan fingerprint density at radius 1 is 1.02 bits per heavy atom. The smallest absolute Gasteiger partial charge is 0.408 e. The van der Waals surface area contributed by atoms with Crippen LogP contribution >= 0.6 is 11.3 Å². The van der Waals surface area contributed by atoms with Crippen LogP contribution in [0.25, 0.3) is 22.3 Å². The number of carbonyl (C=O) groups is 4. The number of methoxy groups -OCH3 is 1. The third-order valence-electron chi connectivity index (χ3n) is 11.3. The number of pyridine rings is 1. The average molecular weight is 882 g/mol. The fourth-order valence-electron chi connectivity index (χ4n) is 7.82. The molecule has 3 aliphatic carbocycles. The Kier molecular flexibility index (Phi) is 12.6. The SMILES string of the molecule is C=C[C@@H]1C[C@]1(NC(=O)[C@@H]1C[C@@H](Oc2cc(-c3csc(NC(C)C)n3)nc3cc(OC)ccc23)CN1C(=O)[C@@H](NC(=O)OC1CCCC1)C(C)(C)C)C(=O)NS(=O)(=O)OC1CC1. The third kappa shape index (κ3) is 10.2. The van der Waals surface area contributed by atoms with Crippen molar-refractivity contribution in [2.75, 3.05) is 19.0 Å². The number of fused-ring (bicyclic) bond motifs is 1. The van der Waals surface area contributed by atoms with E-state index in [9.17, 15) is 27.6 Å². The van der Waals surface area contributed by atoms with Gasteiger partial charge in [-0.15, -0.1) is 17.9 Å². The Morgan fingerprint density at radius 2 is 1.75 bits per heavy atom. The summed E-state index contributed by atoms with van der Waals surface area (Å²) in [7, 11) is -2.90. The second-order valence-corrected chi connectivity index (χ2v) is 19.8. The zero-order chi connectivity index (χ0) is 43.9. The third-order valence-corrected chi connectivity index (χ3v) is 13.0. The second kappa shape index (κ2) is 17.4. The molecule has 61 heavy (non-hydrogen) atoms. The van der Waals surface area contributed by atoms with Gasteiger partial charge >= 0.3 is 16.4 Å².